The Kier molecular flexibility index (Phi) is 3.10. The van der Waals surface area contributed by atoms with E-state index in [2.05, 4.69) is 5.43 Å². The van der Waals surface area contributed by atoms with E-state index in [0.29, 0.717) is 11.3 Å². The number of hydrazine groups is 1. The molecule has 1 amide bonds. The summed E-state index contributed by atoms with van der Waals surface area (Å²) in [5.74, 6) is 5.51. The van der Waals surface area contributed by atoms with E-state index in [4.69, 9.17) is 5.84 Å². The van der Waals surface area contributed by atoms with Crippen LogP contribution in [0.1, 0.15) is 28.8 Å². The second kappa shape index (κ2) is 4.53. The van der Waals surface area contributed by atoms with Crippen LogP contribution in [0.15, 0.2) is 18.2 Å². The average Bonchev–Trinajstić information content (AvgIpc) is 2.81. The molecular formula is C12H17N3O. The van der Waals surface area contributed by atoms with Gasteiger partial charge < -0.3 is 10.3 Å². The Morgan fingerprint density at radius 3 is 2.69 bits per heavy atom. The van der Waals surface area contributed by atoms with Crippen LogP contribution >= 0.6 is 0 Å². The molecule has 0 aromatic heterocycles. The Balaban J connectivity index is 2.28. The summed E-state index contributed by atoms with van der Waals surface area (Å²) >= 11 is 0. The number of carbonyl (C=O) groups is 1. The highest BCUT2D eigenvalue weighted by molar-refractivity contribution is 5.99. The monoisotopic (exact) mass is 219 g/mol. The van der Waals surface area contributed by atoms with Gasteiger partial charge in [0.25, 0.3) is 5.91 Å². The van der Waals surface area contributed by atoms with Gasteiger partial charge >= 0.3 is 0 Å². The Labute approximate surface area is 95.4 Å². The highest BCUT2D eigenvalue weighted by Crippen LogP contribution is 2.20. The second-order valence-corrected chi connectivity index (χ2v) is 4.19. The van der Waals surface area contributed by atoms with Crippen molar-refractivity contribution in [2.24, 2.45) is 5.84 Å². The van der Waals surface area contributed by atoms with Gasteiger partial charge in [-0.05, 0) is 37.5 Å². The van der Waals surface area contributed by atoms with Gasteiger partial charge in [-0.15, -0.1) is 0 Å². The molecule has 4 heteroatoms. The van der Waals surface area contributed by atoms with Crippen LogP contribution in [-0.4, -0.2) is 23.9 Å². The number of likely N-dealkylation sites (tertiary alicyclic amines) is 1. The lowest BCUT2D eigenvalue weighted by atomic mass is 10.1. The zero-order valence-corrected chi connectivity index (χ0v) is 9.49. The fraction of sp³-hybridized carbons (Fsp3) is 0.417. The first-order valence-electron chi connectivity index (χ1n) is 5.59. The number of nitrogens with two attached hydrogens (primary N) is 1. The van der Waals surface area contributed by atoms with E-state index in [1.54, 1.807) is 0 Å². The Morgan fingerprint density at radius 2 is 2.06 bits per heavy atom. The van der Waals surface area contributed by atoms with Gasteiger partial charge in [-0.2, -0.15) is 0 Å². The first kappa shape index (κ1) is 11.0. The van der Waals surface area contributed by atoms with Gasteiger partial charge in [0.15, 0.2) is 0 Å². The van der Waals surface area contributed by atoms with E-state index in [-0.39, 0.29) is 5.91 Å². The molecule has 2 rings (SSSR count). The third-order valence-electron chi connectivity index (χ3n) is 2.95. The summed E-state index contributed by atoms with van der Waals surface area (Å²) in [6, 6.07) is 5.67. The Bertz CT molecular complexity index is 397. The van der Waals surface area contributed by atoms with Crippen LogP contribution in [0.25, 0.3) is 0 Å². The third-order valence-corrected chi connectivity index (χ3v) is 2.95. The van der Waals surface area contributed by atoms with Crippen LogP contribution in [0.3, 0.4) is 0 Å². The van der Waals surface area contributed by atoms with Crippen LogP contribution in [0.2, 0.25) is 0 Å². The molecule has 0 atom stereocenters. The molecule has 3 N–H and O–H groups in total. The van der Waals surface area contributed by atoms with Crippen molar-refractivity contribution in [2.75, 3.05) is 18.5 Å². The molecular weight excluding hydrogens is 202 g/mol. The molecule has 1 aromatic rings. The normalized spacial score (nSPS) is 15.2. The van der Waals surface area contributed by atoms with E-state index < -0.39 is 0 Å². The lowest BCUT2D eigenvalue weighted by Gasteiger charge is -2.17. The van der Waals surface area contributed by atoms with E-state index in [0.717, 1.165) is 31.5 Å². The fourth-order valence-electron chi connectivity index (χ4n) is 2.05. The molecule has 1 heterocycles. The van der Waals surface area contributed by atoms with Crippen LogP contribution < -0.4 is 11.3 Å². The highest BCUT2D eigenvalue weighted by Gasteiger charge is 2.21. The first-order chi connectivity index (χ1) is 7.72. The molecule has 86 valence electrons. The van der Waals surface area contributed by atoms with Crippen LogP contribution in [0.5, 0.6) is 0 Å². The molecule has 0 radical (unpaired) electrons. The lowest BCUT2D eigenvalue weighted by molar-refractivity contribution is 0.0793. The minimum absolute atomic E-state index is 0.0745. The summed E-state index contributed by atoms with van der Waals surface area (Å²) in [4.78, 5) is 14.0. The van der Waals surface area contributed by atoms with Gasteiger partial charge in [0.1, 0.15) is 0 Å². The summed E-state index contributed by atoms with van der Waals surface area (Å²) < 4.78 is 0. The molecule has 0 bridgehead atoms. The summed E-state index contributed by atoms with van der Waals surface area (Å²) in [5, 5.41) is 0. The molecule has 16 heavy (non-hydrogen) atoms. The fourth-order valence-corrected chi connectivity index (χ4v) is 2.05. The predicted octanol–water partition coefficient (Wildman–Crippen LogP) is 1.52. The molecule has 0 saturated carbocycles. The molecule has 0 spiro atoms. The molecule has 1 fully saturated rings. The number of nitrogens with one attached hydrogen (secondary N) is 1. The number of rotatable bonds is 2. The molecule has 1 aliphatic rings. The van der Waals surface area contributed by atoms with Crippen molar-refractivity contribution in [1.82, 2.24) is 4.90 Å². The zero-order valence-electron chi connectivity index (χ0n) is 9.49. The van der Waals surface area contributed by atoms with Crippen LogP contribution in [-0.2, 0) is 0 Å². The topological polar surface area (TPSA) is 58.4 Å². The smallest absolute Gasteiger partial charge is 0.256 e. The van der Waals surface area contributed by atoms with Gasteiger partial charge in [-0.25, -0.2) is 0 Å². The summed E-state index contributed by atoms with van der Waals surface area (Å²) in [5.41, 5.74) is 5.05. The average molecular weight is 219 g/mol. The van der Waals surface area contributed by atoms with E-state index in [9.17, 15) is 4.79 Å². The van der Waals surface area contributed by atoms with E-state index >= 15 is 0 Å². The minimum Gasteiger partial charge on any atom is -0.339 e. The largest absolute Gasteiger partial charge is 0.339 e. The van der Waals surface area contributed by atoms with Crippen molar-refractivity contribution < 1.29 is 4.79 Å². The lowest BCUT2D eigenvalue weighted by Crippen LogP contribution is -2.28. The molecule has 4 nitrogen and oxygen atoms in total. The van der Waals surface area contributed by atoms with Crippen molar-refractivity contribution in [3.05, 3.63) is 29.3 Å². The number of hydrogen-bond donors (Lipinski definition) is 2. The van der Waals surface area contributed by atoms with Crippen molar-refractivity contribution in [1.29, 1.82) is 0 Å². The number of aryl methyl sites for hydroxylation is 1. The molecule has 0 unspecified atom stereocenters. The molecule has 1 aromatic carbocycles. The molecule has 1 aliphatic heterocycles. The number of amides is 1. The Morgan fingerprint density at radius 1 is 1.38 bits per heavy atom. The van der Waals surface area contributed by atoms with E-state index in [1.807, 2.05) is 30.0 Å². The minimum atomic E-state index is 0.0745. The number of nitrogens with zero attached hydrogens (tertiary/aromatic N) is 1. The molecule has 1 saturated heterocycles. The van der Waals surface area contributed by atoms with Crippen LogP contribution in [0, 0.1) is 6.92 Å². The SMILES string of the molecule is Cc1ccc(C(=O)N2CCCC2)c(NN)c1. The standard InChI is InChI=1S/C12H17N3O/c1-9-4-5-10(11(8-9)14-13)12(16)15-6-2-3-7-15/h4-5,8,14H,2-3,6-7,13H2,1H3. The van der Waals surface area contributed by atoms with Crippen molar-refractivity contribution in [2.45, 2.75) is 19.8 Å². The number of carbonyl (C=O) groups excluding carboxylic acids is 1. The summed E-state index contributed by atoms with van der Waals surface area (Å²) in [7, 11) is 0. The first-order valence-corrected chi connectivity index (χ1v) is 5.59. The van der Waals surface area contributed by atoms with E-state index in [1.165, 1.54) is 0 Å². The van der Waals surface area contributed by atoms with Crippen molar-refractivity contribution in [3.63, 3.8) is 0 Å². The van der Waals surface area contributed by atoms with Gasteiger partial charge in [0.2, 0.25) is 0 Å². The van der Waals surface area contributed by atoms with Gasteiger partial charge in [-0.3, -0.25) is 10.6 Å². The quantitative estimate of drug-likeness (QED) is 0.585. The number of hydrogen-bond acceptors (Lipinski definition) is 3. The van der Waals surface area contributed by atoms with Crippen LogP contribution in [0.4, 0.5) is 5.69 Å². The number of benzene rings is 1. The number of nitrogen functional groups attached to an aromatic ring is 1. The maximum Gasteiger partial charge on any atom is 0.256 e. The Hall–Kier alpha value is -1.55. The van der Waals surface area contributed by atoms with Crippen molar-refractivity contribution in [3.8, 4) is 0 Å². The summed E-state index contributed by atoms with van der Waals surface area (Å²) in [6.07, 6.45) is 2.20. The second-order valence-electron chi connectivity index (χ2n) is 4.19. The third kappa shape index (κ3) is 2.02. The maximum absolute atomic E-state index is 12.2. The van der Waals surface area contributed by atoms with Gasteiger partial charge in [0.05, 0.1) is 11.3 Å². The molecule has 0 aliphatic carbocycles. The maximum atomic E-state index is 12.2. The summed E-state index contributed by atoms with van der Waals surface area (Å²) in [6.45, 7) is 3.69. The zero-order chi connectivity index (χ0) is 11.5. The van der Waals surface area contributed by atoms with Gasteiger partial charge in [-0.1, -0.05) is 6.07 Å². The van der Waals surface area contributed by atoms with Gasteiger partial charge in [0, 0.05) is 13.1 Å². The number of anilines is 1. The highest BCUT2D eigenvalue weighted by atomic mass is 16.2. The predicted molar refractivity (Wildman–Crippen MR) is 64.1 cm³/mol. The van der Waals surface area contributed by atoms with Crippen molar-refractivity contribution >= 4 is 11.6 Å².